The van der Waals surface area contributed by atoms with E-state index in [-0.39, 0.29) is 35.5 Å². The number of ketones is 1. The Hall–Kier alpha value is -2.10. The monoisotopic (exact) mass is 509 g/mol. The summed E-state index contributed by atoms with van der Waals surface area (Å²) in [5.74, 6) is -1.60. The van der Waals surface area contributed by atoms with Gasteiger partial charge in [0.15, 0.2) is 11.9 Å². The maximum atomic E-state index is 12.7. The van der Waals surface area contributed by atoms with Crippen molar-refractivity contribution in [2.45, 2.75) is 38.8 Å². The maximum absolute atomic E-state index is 12.7. The van der Waals surface area contributed by atoms with Gasteiger partial charge >= 0.3 is 13.8 Å². The third-order valence-electron chi connectivity index (χ3n) is 4.27. The van der Waals surface area contributed by atoms with Crippen LogP contribution in [0, 0.1) is 0 Å². The number of alkyl halides is 3. The fourth-order valence-electron chi connectivity index (χ4n) is 2.69. The second-order valence-electron chi connectivity index (χ2n) is 6.70. The Balaban J connectivity index is 2.05. The summed E-state index contributed by atoms with van der Waals surface area (Å²) in [6.07, 6.45) is -5.58. The Bertz CT molecular complexity index is 992. The normalized spacial score (nSPS) is 13.9. The minimum Gasteiger partial charge on any atom is -0.483 e. The number of hydrogen-bond acceptors (Lipinski definition) is 7. The molecule has 0 amide bonds. The SMILES string of the molecule is CCOP(=O)(OCC)C(N)C(=O)C(C)Oc1ccc(Oc2ccc(C(F)(F)F)cc2Cl)cc1. The molecule has 0 aliphatic heterocycles. The van der Waals surface area contributed by atoms with Crippen LogP contribution in [0.15, 0.2) is 42.5 Å². The maximum Gasteiger partial charge on any atom is 0.416 e. The van der Waals surface area contributed by atoms with Gasteiger partial charge in [0.1, 0.15) is 17.2 Å². The molecule has 7 nitrogen and oxygen atoms in total. The lowest BCUT2D eigenvalue weighted by Crippen LogP contribution is -2.40. The van der Waals surface area contributed by atoms with Gasteiger partial charge in [0.05, 0.1) is 23.8 Å². The van der Waals surface area contributed by atoms with Crippen LogP contribution >= 0.6 is 19.2 Å². The molecule has 0 fully saturated rings. The number of ether oxygens (including phenoxy) is 2. The molecule has 2 unspecified atom stereocenters. The zero-order valence-electron chi connectivity index (χ0n) is 18.1. The largest absolute Gasteiger partial charge is 0.483 e. The van der Waals surface area contributed by atoms with Crippen LogP contribution in [0.5, 0.6) is 17.2 Å². The lowest BCUT2D eigenvalue weighted by molar-refractivity contribution is -0.137. The summed E-state index contributed by atoms with van der Waals surface area (Å²) in [6.45, 7) is 4.75. The lowest BCUT2D eigenvalue weighted by Gasteiger charge is -2.24. The van der Waals surface area contributed by atoms with Crippen molar-refractivity contribution in [2.24, 2.45) is 5.73 Å². The number of benzene rings is 2. The smallest absolute Gasteiger partial charge is 0.416 e. The van der Waals surface area contributed by atoms with Gasteiger partial charge in [0.25, 0.3) is 0 Å². The topological polar surface area (TPSA) is 97.1 Å². The second-order valence-corrected chi connectivity index (χ2v) is 9.26. The van der Waals surface area contributed by atoms with E-state index in [0.717, 1.165) is 18.2 Å². The van der Waals surface area contributed by atoms with E-state index < -0.39 is 37.0 Å². The molecule has 0 saturated carbocycles. The summed E-state index contributed by atoms with van der Waals surface area (Å²) in [6, 6.07) is 8.66. The van der Waals surface area contributed by atoms with Crippen LogP contribution in [0.3, 0.4) is 0 Å². The first-order valence-electron chi connectivity index (χ1n) is 9.90. The van der Waals surface area contributed by atoms with Crippen LogP contribution in [-0.2, 0) is 24.6 Å². The molecular weight excluding hydrogens is 486 g/mol. The van der Waals surface area contributed by atoms with Crippen LogP contribution in [0.2, 0.25) is 5.02 Å². The Morgan fingerprint density at radius 1 is 1.06 bits per heavy atom. The van der Waals surface area contributed by atoms with E-state index in [9.17, 15) is 22.5 Å². The second kappa shape index (κ2) is 11.4. The highest BCUT2D eigenvalue weighted by atomic mass is 35.5. The van der Waals surface area contributed by atoms with Crippen molar-refractivity contribution in [1.82, 2.24) is 0 Å². The van der Waals surface area contributed by atoms with Crippen molar-refractivity contribution in [3.63, 3.8) is 0 Å². The quantitative estimate of drug-likeness (QED) is 0.369. The van der Waals surface area contributed by atoms with E-state index in [0.29, 0.717) is 0 Å². The molecule has 182 valence electrons. The van der Waals surface area contributed by atoms with E-state index >= 15 is 0 Å². The molecule has 0 aliphatic carbocycles. The van der Waals surface area contributed by atoms with Crippen molar-refractivity contribution < 1.29 is 41.1 Å². The van der Waals surface area contributed by atoms with Gasteiger partial charge < -0.3 is 24.3 Å². The zero-order valence-corrected chi connectivity index (χ0v) is 19.7. The molecular formula is C21H24ClF3NO6P. The predicted molar refractivity (Wildman–Crippen MR) is 117 cm³/mol. The highest BCUT2D eigenvalue weighted by Crippen LogP contribution is 2.51. The van der Waals surface area contributed by atoms with Crippen molar-refractivity contribution in [1.29, 1.82) is 0 Å². The number of halogens is 4. The van der Waals surface area contributed by atoms with E-state index in [2.05, 4.69) is 0 Å². The first-order valence-corrected chi connectivity index (χ1v) is 11.9. The molecule has 0 bridgehead atoms. The standard InChI is InChI=1S/C21H24ClF3NO6P/c1-4-29-33(28,30-5-2)20(26)19(27)13(3)31-15-7-9-16(10-8-15)32-18-11-6-14(12-17(18)22)21(23,24)25/h6-13,20H,4-5,26H2,1-3H3. The van der Waals surface area contributed by atoms with E-state index in [1.807, 2.05) is 0 Å². The first-order chi connectivity index (χ1) is 15.4. The van der Waals surface area contributed by atoms with Gasteiger partial charge in [0, 0.05) is 0 Å². The molecule has 0 saturated heterocycles. The lowest BCUT2D eigenvalue weighted by atomic mass is 10.2. The summed E-state index contributed by atoms with van der Waals surface area (Å²) in [7, 11) is -3.85. The van der Waals surface area contributed by atoms with Crippen molar-refractivity contribution >= 4 is 25.0 Å². The van der Waals surface area contributed by atoms with Crippen LogP contribution < -0.4 is 15.2 Å². The Morgan fingerprint density at radius 3 is 2.09 bits per heavy atom. The number of carbonyl (C=O) groups excluding carboxylic acids is 1. The molecule has 12 heteroatoms. The highest BCUT2D eigenvalue weighted by Gasteiger charge is 2.40. The summed E-state index contributed by atoms with van der Waals surface area (Å²) in [4.78, 5) is 12.6. The first kappa shape index (κ1) is 27.1. The van der Waals surface area contributed by atoms with Crippen LogP contribution in [-0.4, -0.2) is 30.9 Å². The summed E-state index contributed by atoms with van der Waals surface area (Å²) < 4.78 is 72.2. The number of hydrogen-bond donors (Lipinski definition) is 1. The Labute approximate surface area is 194 Å². The molecule has 2 rings (SSSR count). The van der Waals surface area contributed by atoms with Gasteiger partial charge in [-0.3, -0.25) is 9.36 Å². The molecule has 2 atom stereocenters. The Kier molecular flexibility index (Phi) is 9.34. The van der Waals surface area contributed by atoms with Crippen molar-refractivity contribution in [2.75, 3.05) is 13.2 Å². The fraction of sp³-hybridized carbons (Fsp3) is 0.381. The van der Waals surface area contributed by atoms with E-state index in [1.165, 1.54) is 31.2 Å². The van der Waals surface area contributed by atoms with Gasteiger partial charge in [-0.25, -0.2) is 0 Å². The molecule has 0 heterocycles. The highest BCUT2D eigenvalue weighted by molar-refractivity contribution is 7.55. The third kappa shape index (κ3) is 7.19. The average Bonchev–Trinajstić information content (AvgIpc) is 2.75. The van der Waals surface area contributed by atoms with Crippen LogP contribution in [0.1, 0.15) is 26.3 Å². The molecule has 33 heavy (non-hydrogen) atoms. The predicted octanol–water partition coefficient (Wildman–Crippen LogP) is 6.04. The van der Waals surface area contributed by atoms with Gasteiger partial charge in [-0.05, 0) is 63.2 Å². The van der Waals surface area contributed by atoms with E-state index in [4.69, 9.17) is 35.9 Å². The minimum absolute atomic E-state index is 0.0375. The Morgan fingerprint density at radius 2 is 1.61 bits per heavy atom. The molecule has 2 aromatic rings. The minimum atomic E-state index is -4.52. The van der Waals surface area contributed by atoms with Crippen molar-refractivity contribution in [3.8, 4) is 17.2 Å². The van der Waals surface area contributed by atoms with Gasteiger partial charge in [-0.15, -0.1) is 0 Å². The molecule has 2 aromatic carbocycles. The molecule has 0 spiro atoms. The number of nitrogens with two attached hydrogens (primary N) is 1. The number of rotatable bonds is 11. The average molecular weight is 510 g/mol. The van der Waals surface area contributed by atoms with E-state index in [1.54, 1.807) is 13.8 Å². The summed E-state index contributed by atoms with van der Waals surface area (Å²) in [5, 5.41) is -0.202. The zero-order chi connectivity index (χ0) is 24.8. The molecule has 0 aromatic heterocycles. The number of Topliss-reactive ketones (excluding diaryl/α,β-unsaturated/α-hetero) is 1. The molecule has 2 N–H and O–H groups in total. The fourth-order valence-corrected chi connectivity index (χ4v) is 4.55. The molecule has 0 aliphatic rings. The number of carbonyl (C=O) groups is 1. The van der Waals surface area contributed by atoms with Crippen molar-refractivity contribution in [3.05, 3.63) is 53.1 Å². The van der Waals surface area contributed by atoms with Crippen LogP contribution in [0.25, 0.3) is 0 Å². The van der Waals surface area contributed by atoms with Gasteiger partial charge in [-0.1, -0.05) is 11.6 Å². The molecule has 0 radical (unpaired) electrons. The third-order valence-corrected chi connectivity index (χ3v) is 6.74. The summed E-state index contributed by atoms with van der Waals surface area (Å²) >= 11 is 5.89. The summed E-state index contributed by atoms with van der Waals surface area (Å²) in [5.41, 5.74) is 4.95. The van der Waals surface area contributed by atoms with Gasteiger partial charge in [0.2, 0.25) is 5.78 Å². The van der Waals surface area contributed by atoms with Crippen LogP contribution in [0.4, 0.5) is 13.2 Å². The van der Waals surface area contributed by atoms with Gasteiger partial charge in [-0.2, -0.15) is 13.2 Å².